The maximum Gasteiger partial charge on any atom is 0.164 e. The molecular weight excluding hydrogens is 619 g/mol. The highest BCUT2D eigenvalue weighted by atomic mass is 15.0. The first kappa shape index (κ1) is 28.2. The zero-order chi connectivity index (χ0) is 33.5. The van der Waals surface area contributed by atoms with E-state index in [-0.39, 0.29) is 0 Å². The monoisotopic (exact) mass is 647 g/mol. The summed E-state index contributed by atoms with van der Waals surface area (Å²) in [7, 11) is 0. The van der Waals surface area contributed by atoms with Crippen LogP contribution in [0.15, 0.2) is 176 Å². The standard InChI is InChI=1S/C48H29N3/c1-3-11-30(12-4-1)31-21-25-35(26-22-31)46-49-45(34-13-5-2-6-14-34)50-47(51-46)36-27-28-38-37-17-7-8-18-39(37)48(42(38)29-36)40-19-9-15-32-23-24-33-16-10-20-41(48)44(33)43(32)40/h1-29H. The summed E-state index contributed by atoms with van der Waals surface area (Å²) in [6.45, 7) is 0. The minimum atomic E-state index is -0.448. The molecular formula is C48H29N3. The fourth-order valence-electron chi connectivity index (χ4n) is 8.72. The quantitative estimate of drug-likeness (QED) is 0.178. The van der Waals surface area contributed by atoms with Gasteiger partial charge in [0.2, 0.25) is 0 Å². The van der Waals surface area contributed by atoms with E-state index in [9.17, 15) is 0 Å². The first-order chi connectivity index (χ1) is 25.3. The van der Waals surface area contributed by atoms with Gasteiger partial charge in [-0.2, -0.15) is 0 Å². The Morgan fingerprint density at radius 1 is 0.294 bits per heavy atom. The highest BCUT2D eigenvalue weighted by Gasteiger charge is 2.50. The summed E-state index contributed by atoms with van der Waals surface area (Å²) in [5.74, 6) is 1.97. The Bertz CT molecular complexity index is 2780. The highest BCUT2D eigenvalue weighted by Crippen LogP contribution is 2.62. The van der Waals surface area contributed by atoms with Crippen LogP contribution < -0.4 is 0 Å². The van der Waals surface area contributed by atoms with Gasteiger partial charge in [0.25, 0.3) is 0 Å². The summed E-state index contributed by atoms with van der Waals surface area (Å²) in [5, 5.41) is 5.26. The Kier molecular flexibility index (Phi) is 5.88. The zero-order valence-electron chi connectivity index (χ0n) is 27.6. The van der Waals surface area contributed by atoms with Crippen LogP contribution in [0.1, 0.15) is 22.3 Å². The molecule has 0 bridgehead atoms. The molecule has 0 fully saturated rings. The van der Waals surface area contributed by atoms with Gasteiger partial charge in [0, 0.05) is 16.7 Å². The van der Waals surface area contributed by atoms with E-state index in [0.29, 0.717) is 17.5 Å². The maximum absolute atomic E-state index is 5.19. The molecule has 2 aliphatic carbocycles. The molecule has 8 aromatic carbocycles. The number of aromatic nitrogens is 3. The SMILES string of the molecule is c1ccc(-c2ccc(-c3nc(-c4ccccc4)nc(-c4ccc5c(c4)C4(c6ccccc6-5)c5cccc6ccc7cccc4c7c56)n3)cc2)cc1. The van der Waals surface area contributed by atoms with Crippen LogP contribution in [0.4, 0.5) is 0 Å². The van der Waals surface area contributed by atoms with E-state index in [4.69, 9.17) is 15.0 Å². The second-order valence-corrected chi connectivity index (χ2v) is 13.5. The summed E-state index contributed by atoms with van der Waals surface area (Å²) in [6, 6.07) is 63.1. The van der Waals surface area contributed by atoms with Crippen LogP contribution in [0.25, 0.3) is 78.0 Å². The summed E-state index contributed by atoms with van der Waals surface area (Å²) in [6.07, 6.45) is 0. The third kappa shape index (κ3) is 3.97. The molecule has 3 nitrogen and oxygen atoms in total. The molecule has 0 saturated carbocycles. The average molecular weight is 648 g/mol. The van der Waals surface area contributed by atoms with Gasteiger partial charge in [-0.3, -0.25) is 0 Å². The number of rotatable bonds is 4. The lowest BCUT2D eigenvalue weighted by Crippen LogP contribution is -2.26. The second-order valence-electron chi connectivity index (χ2n) is 13.5. The van der Waals surface area contributed by atoms with Gasteiger partial charge in [0.05, 0.1) is 5.41 Å². The van der Waals surface area contributed by atoms with E-state index in [1.807, 2.05) is 24.3 Å². The highest BCUT2D eigenvalue weighted by molar-refractivity contribution is 6.17. The van der Waals surface area contributed by atoms with Crippen LogP contribution in [-0.2, 0) is 5.41 Å². The first-order valence-corrected chi connectivity index (χ1v) is 17.4. The third-order valence-corrected chi connectivity index (χ3v) is 10.9. The van der Waals surface area contributed by atoms with Crippen LogP contribution in [0.3, 0.4) is 0 Å². The Hall–Kier alpha value is -6.71. The molecule has 0 unspecified atom stereocenters. The molecule has 9 aromatic rings. The Balaban J connectivity index is 1.14. The van der Waals surface area contributed by atoms with Gasteiger partial charge in [-0.1, -0.05) is 170 Å². The van der Waals surface area contributed by atoms with Gasteiger partial charge in [0.15, 0.2) is 17.5 Å². The normalized spacial score (nSPS) is 13.3. The molecule has 0 aliphatic heterocycles. The van der Waals surface area contributed by atoms with Gasteiger partial charge in [0.1, 0.15) is 0 Å². The summed E-state index contributed by atoms with van der Waals surface area (Å²) < 4.78 is 0. The molecule has 2 aliphatic rings. The molecule has 1 aromatic heterocycles. The van der Waals surface area contributed by atoms with Crippen LogP contribution in [0, 0.1) is 0 Å². The minimum Gasteiger partial charge on any atom is -0.208 e. The van der Waals surface area contributed by atoms with Crippen LogP contribution in [0.5, 0.6) is 0 Å². The van der Waals surface area contributed by atoms with Gasteiger partial charge in [-0.05, 0) is 72.1 Å². The second kappa shape index (κ2) is 10.6. The molecule has 0 N–H and O–H groups in total. The van der Waals surface area contributed by atoms with Crippen molar-refractivity contribution in [1.82, 2.24) is 15.0 Å². The van der Waals surface area contributed by atoms with Gasteiger partial charge in [-0.15, -0.1) is 0 Å². The van der Waals surface area contributed by atoms with Crippen molar-refractivity contribution in [2.75, 3.05) is 0 Å². The van der Waals surface area contributed by atoms with E-state index in [1.54, 1.807) is 0 Å². The Morgan fingerprint density at radius 2 is 0.745 bits per heavy atom. The number of nitrogens with zero attached hydrogens (tertiary/aromatic N) is 3. The first-order valence-electron chi connectivity index (χ1n) is 17.4. The van der Waals surface area contributed by atoms with Crippen molar-refractivity contribution in [2.24, 2.45) is 0 Å². The summed E-state index contributed by atoms with van der Waals surface area (Å²) in [5.41, 5.74) is 12.6. The summed E-state index contributed by atoms with van der Waals surface area (Å²) in [4.78, 5) is 15.4. The van der Waals surface area contributed by atoms with E-state index >= 15 is 0 Å². The predicted octanol–water partition coefficient (Wildman–Crippen LogP) is 11.5. The third-order valence-electron chi connectivity index (χ3n) is 10.9. The maximum atomic E-state index is 5.19. The Labute approximate surface area is 295 Å². The topological polar surface area (TPSA) is 38.7 Å². The van der Waals surface area contributed by atoms with Crippen molar-refractivity contribution >= 4 is 21.5 Å². The molecule has 236 valence electrons. The zero-order valence-corrected chi connectivity index (χ0v) is 27.6. The van der Waals surface area contributed by atoms with Crippen molar-refractivity contribution in [2.45, 2.75) is 5.41 Å². The van der Waals surface area contributed by atoms with Gasteiger partial charge >= 0.3 is 0 Å². The van der Waals surface area contributed by atoms with E-state index < -0.39 is 5.41 Å². The number of hydrogen-bond donors (Lipinski definition) is 0. The van der Waals surface area contributed by atoms with Crippen molar-refractivity contribution in [3.8, 4) is 56.4 Å². The molecule has 3 heteroatoms. The van der Waals surface area contributed by atoms with E-state index in [0.717, 1.165) is 22.3 Å². The molecule has 1 spiro atoms. The molecule has 0 radical (unpaired) electrons. The van der Waals surface area contributed by atoms with Crippen LogP contribution >= 0.6 is 0 Å². The molecule has 0 amide bonds. The molecule has 0 saturated heterocycles. The van der Waals surface area contributed by atoms with Crippen LogP contribution in [0.2, 0.25) is 0 Å². The van der Waals surface area contributed by atoms with Crippen LogP contribution in [-0.4, -0.2) is 15.0 Å². The van der Waals surface area contributed by atoms with Crippen molar-refractivity contribution in [3.63, 3.8) is 0 Å². The van der Waals surface area contributed by atoms with E-state index in [2.05, 4.69) is 152 Å². The predicted molar refractivity (Wildman–Crippen MR) is 207 cm³/mol. The lowest BCUT2D eigenvalue weighted by molar-refractivity contribution is 0.797. The largest absolute Gasteiger partial charge is 0.208 e. The summed E-state index contributed by atoms with van der Waals surface area (Å²) >= 11 is 0. The number of benzene rings is 8. The molecule has 0 atom stereocenters. The molecule has 1 heterocycles. The fraction of sp³-hybridized carbons (Fsp3) is 0.0208. The smallest absolute Gasteiger partial charge is 0.164 e. The lowest BCUT2D eigenvalue weighted by atomic mass is 9.70. The number of fused-ring (bicyclic) bond motifs is 7. The van der Waals surface area contributed by atoms with Crippen molar-refractivity contribution in [3.05, 3.63) is 198 Å². The average Bonchev–Trinajstić information content (AvgIpc) is 3.68. The Morgan fingerprint density at radius 3 is 1.39 bits per heavy atom. The van der Waals surface area contributed by atoms with E-state index in [1.165, 1.54) is 60.5 Å². The lowest BCUT2D eigenvalue weighted by Gasteiger charge is -2.31. The van der Waals surface area contributed by atoms with Crippen molar-refractivity contribution in [1.29, 1.82) is 0 Å². The molecule has 51 heavy (non-hydrogen) atoms. The fourth-order valence-corrected chi connectivity index (χ4v) is 8.72. The van der Waals surface area contributed by atoms with Crippen molar-refractivity contribution < 1.29 is 0 Å². The van der Waals surface area contributed by atoms with Gasteiger partial charge < -0.3 is 0 Å². The molecule has 11 rings (SSSR count). The minimum absolute atomic E-state index is 0.448. The van der Waals surface area contributed by atoms with Gasteiger partial charge in [-0.25, -0.2) is 15.0 Å². The number of hydrogen-bond acceptors (Lipinski definition) is 3.